The van der Waals surface area contributed by atoms with Gasteiger partial charge in [-0.05, 0) is 47.6 Å². The molecule has 1 saturated carbocycles. The fraction of sp³-hybridized carbons (Fsp3) is 0.545. The van der Waals surface area contributed by atoms with Crippen LogP contribution in [-0.2, 0) is 11.2 Å². The number of carboxylic acid groups (broad SMARTS) is 1. The molecule has 15 heavy (non-hydrogen) atoms. The van der Waals surface area contributed by atoms with Gasteiger partial charge in [0.25, 0.3) is 0 Å². The van der Waals surface area contributed by atoms with Gasteiger partial charge in [0.05, 0.1) is 0 Å². The number of carboxylic acids is 1. The third-order valence-corrected chi connectivity index (χ3v) is 3.45. The smallest absolute Gasteiger partial charge is 0.320 e. The normalized spacial score (nSPS) is 17.6. The van der Waals surface area contributed by atoms with Gasteiger partial charge in [-0.2, -0.15) is 11.3 Å². The van der Waals surface area contributed by atoms with Crippen molar-refractivity contribution in [3.63, 3.8) is 0 Å². The topological polar surface area (TPSA) is 49.3 Å². The Kier molecular flexibility index (Phi) is 3.38. The monoisotopic (exact) mass is 225 g/mol. The first-order valence-corrected chi connectivity index (χ1v) is 6.19. The average molecular weight is 225 g/mol. The van der Waals surface area contributed by atoms with Crippen LogP contribution in [0.15, 0.2) is 16.8 Å². The summed E-state index contributed by atoms with van der Waals surface area (Å²) in [5.74, 6) is -0.340. The number of carbonyl (C=O) groups is 1. The minimum absolute atomic E-state index is 0.330. The molecule has 1 aliphatic carbocycles. The third kappa shape index (κ3) is 3.04. The van der Waals surface area contributed by atoms with Crippen LogP contribution < -0.4 is 5.32 Å². The van der Waals surface area contributed by atoms with E-state index in [0.29, 0.717) is 5.92 Å². The summed E-state index contributed by atoms with van der Waals surface area (Å²) < 4.78 is 0. The molecule has 0 aromatic carbocycles. The summed E-state index contributed by atoms with van der Waals surface area (Å²) in [5, 5.41) is 16.3. The molecule has 1 atom stereocenters. The minimum Gasteiger partial charge on any atom is -0.480 e. The summed E-state index contributed by atoms with van der Waals surface area (Å²) in [4.78, 5) is 10.9. The van der Waals surface area contributed by atoms with E-state index < -0.39 is 5.97 Å². The van der Waals surface area contributed by atoms with Gasteiger partial charge in [0.2, 0.25) is 0 Å². The highest BCUT2D eigenvalue weighted by atomic mass is 32.1. The number of hydrogen-bond acceptors (Lipinski definition) is 3. The SMILES string of the molecule is O=C(O)C(NCCc1ccsc1)C1CC1. The number of nitrogens with one attached hydrogen (secondary N) is 1. The average Bonchev–Trinajstić information content (AvgIpc) is 2.89. The maximum atomic E-state index is 10.9. The first-order chi connectivity index (χ1) is 7.27. The van der Waals surface area contributed by atoms with Gasteiger partial charge in [0.15, 0.2) is 0 Å². The predicted molar refractivity (Wildman–Crippen MR) is 60.2 cm³/mol. The van der Waals surface area contributed by atoms with Crippen LogP contribution in [-0.4, -0.2) is 23.7 Å². The molecule has 1 aliphatic rings. The van der Waals surface area contributed by atoms with Crippen LogP contribution in [0.1, 0.15) is 18.4 Å². The zero-order chi connectivity index (χ0) is 10.7. The van der Waals surface area contributed by atoms with Crippen LogP contribution in [0, 0.1) is 5.92 Å². The van der Waals surface area contributed by atoms with Crippen molar-refractivity contribution in [3.8, 4) is 0 Å². The molecule has 0 spiro atoms. The van der Waals surface area contributed by atoms with Gasteiger partial charge < -0.3 is 10.4 Å². The van der Waals surface area contributed by atoms with Crippen molar-refractivity contribution in [2.45, 2.75) is 25.3 Å². The maximum absolute atomic E-state index is 10.9. The fourth-order valence-electron chi connectivity index (χ4n) is 1.69. The highest BCUT2D eigenvalue weighted by molar-refractivity contribution is 7.07. The van der Waals surface area contributed by atoms with Crippen LogP contribution in [0.5, 0.6) is 0 Å². The Morgan fingerprint density at radius 2 is 2.47 bits per heavy atom. The zero-order valence-electron chi connectivity index (χ0n) is 8.48. The van der Waals surface area contributed by atoms with Crippen molar-refractivity contribution < 1.29 is 9.90 Å². The lowest BCUT2D eigenvalue weighted by Crippen LogP contribution is -2.39. The molecule has 1 heterocycles. The Bertz CT molecular complexity index is 319. The molecular formula is C11H15NO2S. The van der Waals surface area contributed by atoms with Crippen molar-refractivity contribution in [1.29, 1.82) is 0 Å². The lowest BCUT2D eigenvalue weighted by atomic mass is 10.1. The van der Waals surface area contributed by atoms with E-state index in [2.05, 4.69) is 16.8 Å². The Hall–Kier alpha value is -0.870. The summed E-state index contributed by atoms with van der Waals surface area (Å²) in [6.07, 6.45) is 3.03. The maximum Gasteiger partial charge on any atom is 0.320 e. The Balaban J connectivity index is 1.74. The van der Waals surface area contributed by atoms with Gasteiger partial charge in [0.1, 0.15) is 6.04 Å². The van der Waals surface area contributed by atoms with Crippen molar-refractivity contribution in [1.82, 2.24) is 5.32 Å². The molecule has 1 aromatic rings. The number of aliphatic carboxylic acids is 1. The van der Waals surface area contributed by atoms with Crippen molar-refractivity contribution in [3.05, 3.63) is 22.4 Å². The van der Waals surface area contributed by atoms with Crippen molar-refractivity contribution in [2.75, 3.05) is 6.54 Å². The molecular weight excluding hydrogens is 210 g/mol. The number of rotatable bonds is 6. The molecule has 0 saturated heterocycles. The second-order valence-corrected chi connectivity index (χ2v) is 4.77. The highest BCUT2D eigenvalue weighted by Crippen LogP contribution is 2.32. The first kappa shape index (κ1) is 10.6. The second-order valence-electron chi connectivity index (χ2n) is 3.99. The Morgan fingerprint density at radius 3 is 3.00 bits per heavy atom. The molecule has 1 fully saturated rings. The van der Waals surface area contributed by atoms with Gasteiger partial charge in [-0.25, -0.2) is 0 Å². The molecule has 1 unspecified atom stereocenters. The van der Waals surface area contributed by atoms with Crippen molar-refractivity contribution in [2.24, 2.45) is 5.92 Å². The van der Waals surface area contributed by atoms with E-state index in [1.54, 1.807) is 11.3 Å². The van der Waals surface area contributed by atoms with Crippen molar-refractivity contribution >= 4 is 17.3 Å². The summed E-state index contributed by atoms with van der Waals surface area (Å²) >= 11 is 1.68. The van der Waals surface area contributed by atoms with Crippen LogP contribution in [0.2, 0.25) is 0 Å². The van der Waals surface area contributed by atoms with E-state index >= 15 is 0 Å². The van der Waals surface area contributed by atoms with E-state index in [-0.39, 0.29) is 6.04 Å². The van der Waals surface area contributed by atoms with Gasteiger partial charge in [-0.1, -0.05) is 0 Å². The Morgan fingerprint density at radius 1 is 1.67 bits per heavy atom. The van der Waals surface area contributed by atoms with Gasteiger partial charge in [0, 0.05) is 6.54 Å². The molecule has 0 amide bonds. The molecule has 0 aliphatic heterocycles. The second kappa shape index (κ2) is 4.77. The lowest BCUT2D eigenvalue weighted by Gasteiger charge is -2.12. The molecule has 0 radical (unpaired) electrons. The first-order valence-electron chi connectivity index (χ1n) is 5.24. The van der Waals surface area contributed by atoms with Crippen LogP contribution in [0.4, 0.5) is 0 Å². The standard InChI is InChI=1S/C11H15NO2S/c13-11(14)10(9-1-2-9)12-5-3-8-4-6-15-7-8/h4,6-7,9-10,12H,1-3,5H2,(H,13,14). The molecule has 82 valence electrons. The third-order valence-electron chi connectivity index (χ3n) is 2.72. The molecule has 2 N–H and O–H groups in total. The predicted octanol–water partition coefficient (Wildman–Crippen LogP) is 1.74. The fourth-order valence-corrected chi connectivity index (χ4v) is 2.40. The molecule has 0 bridgehead atoms. The lowest BCUT2D eigenvalue weighted by molar-refractivity contribution is -0.140. The van der Waals surface area contributed by atoms with E-state index in [9.17, 15) is 4.79 Å². The zero-order valence-corrected chi connectivity index (χ0v) is 9.30. The summed E-state index contributed by atoms with van der Waals surface area (Å²) in [7, 11) is 0. The largest absolute Gasteiger partial charge is 0.480 e. The summed E-state index contributed by atoms with van der Waals surface area (Å²) in [6, 6.07) is 1.75. The van der Waals surface area contributed by atoms with E-state index in [1.165, 1.54) is 5.56 Å². The summed E-state index contributed by atoms with van der Waals surface area (Å²) in [6.45, 7) is 0.754. The van der Waals surface area contributed by atoms with Gasteiger partial charge >= 0.3 is 5.97 Å². The van der Waals surface area contributed by atoms with Crippen LogP contribution in [0.3, 0.4) is 0 Å². The van der Waals surface area contributed by atoms with E-state index in [1.807, 2.05) is 5.38 Å². The number of thiophene rings is 1. The molecule has 3 nitrogen and oxygen atoms in total. The van der Waals surface area contributed by atoms with Gasteiger partial charge in [-0.3, -0.25) is 4.79 Å². The molecule has 1 aromatic heterocycles. The minimum atomic E-state index is -0.706. The Labute approximate surface area is 93.1 Å². The quantitative estimate of drug-likeness (QED) is 0.775. The van der Waals surface area contributed by atoms with Crippen LogP contribution >= 0.6 is 11.3 Å². The highest BCUT2D eigenvalue weighted by Gasteiger charge is 2.35. The molecule has 2 rings (SSSR count). The number of hydrogen-bond donors (Lipinski definition) is 2. The van der Waals surface area contributed by atoms with E-state index in [4.69, 9.17) is 5.11 Å². The molecule has 4 heteroatoms. The van der Waals surface area contributed by atoms with E-state index in [0.717, 1.165) is 25.8 Å². The summed E-state index contributed by atoms with van der Waals surface area (Å²) in [5.41, 5.74) is 1.28. The van der Waals surface area contributed by atoms with Gasteiger partial charge in [-0.15, -0.1) is 0 Å². The van der Waals surface area contributed by atoms with Crippen LogP contribution in [0.25, 0.3) is 0 Å².